The number of urea groups is 1. The highest BCUT2D eigenvalue weighted by molar-refractivity contribution is 9.10. The first-order valence-electron chi connectivity index (χ1n) is 5.12. The van der Waals surface area contributed by atoms with E-state index in [4.69, 9.17) is 5.11 Å². The van der Waals surface area contributed by atoms with Gasteiger partial charge in [-0.05, 0) is 24.6 Å². The van der Waals surface area contributed by atoms with E-state index in [1.165, 1.54) is 6.07 Å². The molecule has 17 heavy (non-hydrogen) atoms. The van der Waals surface area contributed by atoms with E-state index in [9.17, 15) is 9.59 Å². The Balaban J connectivity index is 2.85. The maximum absolute atomic E-state index is 11.4. The average molecular weight is 301 g/mol. The number of anilines is 1. The second-order valence-electron chi connectivity index (χ2n) is 3.38. The number of nitrogens with one attached hydrogen (secondary N) is 2. The van der Waals surface area contributed by atoms with Gasteiger partial charge in [-0.2, -0.15) is 0 Å². The summed E-state index contributed by atoms with van der Waals surface area (Å²) in [7, 11) is 0. The van der Waals surface area contributed by atoms with Crippen molar-refractivity contribution in [1.82, 2.24) is 5.32 Å². The molecule has 0 saturated heterocycles. The van der Waals surface area contributed by atoms with Crippen LogP contribution in [0.2, 0.25) is 0 Å². The molecule has 0 fully saturated rings. The summed E-state index contributed by atoms with van der Waals surface area (Å²) in [4.78, 5) is 22.4. The largest absolute Gasteiger partial charge is 0.478 e. The third-order valence-electron chi connectivity index (χ3n) is 2.00. The number of halogens is 1. The first-order chi connectivity index (χ1) is 8.04. The van der Waals surface area contributed by atoms with Gasteiger partial charge in [0.2, 0.25) is 0 Å². The number of carboxylic acid groups (broad SMARTS) is 1. The van der Waals surface area contributed by atoms with Crippen LogP contribution in [0.3, 0.4) is 0 Å². The Morgan fingerprint density at radius 2 is 2.12 bits per heavy atom. The summed E-state index contributed by atoms with van der Waals surface area (Å²) in [6.07, 6.45) is 0.817. The molecule has 1 aromatic carbocycles. The molecule has 0 aliphatic rings. The lowest BCUT2D eigenvalue weighted by Gasteiger charge is -2.09. The van der Waals surface area contributed by atoms with Gasteiger partial charge >= 0.3 is 12.0 Å². The molecule has 0 atom stereocenters. The molecule has 0 aliphatic heterocycles. The lowest BCUT2D eigenvalue weighted by atomic mass is 10.2. The first-order valence-corrected chi connectivity index (χ1v) is 5.91. The van der Waals surface area contributed by atoms with Crippen molar-refractivity contribution in [2.24, 2.45) is 0 Å². The molecule has 0 bridgehead atoms. The van der Waals surface area contributed by atoms with E-state index in [1.807, 2.05) is 6.92 Å². The average Bonchev–Trinajstić information content (AvgIpc) is 2.26. The van der Waals surface area contributed by atoms with Crippen molar-refractivity contribution in [1.29, 1.82) is 0 Å². The summed E-state index contributed by atoms with van der Waals surface area (Å²) < 4.78 is 0.702. The number of carboxylic acids is 1. The van der Waals surface area contributed by atoms with E-state index in [0.717, 1.165) is 6.42 Å². The molecule has 3 N–H and O–H groups in total. The lowest BCUT2D eigenvalue weighted by Crippen LogP contribution is -2.29. The Labute approximate surface area is 107 Å². The van der Waals surface area contributed by atoms with Gasteiger partial charge in [0.25, 0.3) is 0 Å². The maximum atomic E-state index is 11.4. The lowest BCUT2D eigenvalue weighted by molar-refractivity contribution is 0.0698. The number of carbonyl (C=O) groups is 2. The van der Waals surface area contributed by atoms with Crippen LogP contribution in [0.1, 0.15) is 23.7 Å². The summed E-state index contributed by atoms with van der Waals surface area (Å²) >= 11 is 3.22. The predicted molar refractivity (Wildman–Crippen MR) is 68.4 cm³/mol. The Morgan fingerprint density at radius 3 is 2.71 bits per heavy atom. The second kappa shape index (κ2) is 6.24. The fraction of sp³-hybridized carbons (Fsp3) is 0.273. The van der Waals surface area contributed by atoms with Crippen molar-refractivity contribution in [2.75, 3.05) is 11.9 Å². The summed E-state index contributed by atoms with van der Waals surface area (Å²) in [5, 5.41) is 14.1. The van der Waals surface area contributed by atoms with Crippen molar-refractivity contribution in [3.05, 3.63) is 28.2 Å². The number of carbonyl (C=O) groups excluding carboxylic acids is 1. The third kappa shape index (κ3) is 4.07. The van der Waals surface area contributed by atoms with Gasteiger partial charge in [-0.1, -0.05) is 22.9 Å². The zero-order valence-corrected chi connectivity index (χ0v) is 10.9. The van der Waals surface area contributed by atoms with Crippen LogP contribution in [0.5, 0.6) is 0 Å². The molecule has 92 valence electrons. The maximum Gasteiger partial charge on any atom is 0.337 e. The molecule has 0 heterocycles. The van der Waals surface area contributed by atoms with Crippen molar-refractivity contribution in [3.63, 3.8) is 0 Å². The van der Waals surface area contributed by atoms with Crippen molar-refractivity contribution in [3.8, 4) is 0 Å². The number of hydrogen-bond donors (Lipinski definition) is 3. The van der Waals surface area contributed by atoms with E-state index in [1.54, 1.807) is 12.1 Å². The zero-order chi connectivity index (χ0) is 12.8. The van der Waals surface area contributed by atoms with E-state index in [2.05, 4.69) is 26.6 Å². The molecule has 0 spiro atoms. The third-order valence-corrected chi connectivity index (χ3v) is 2.49. The van der Waals surface area contributed by atoms with Crippen LogP contribution in [0, 0.1) is 0 Å². The standard InChI is InChI=1S/C11H13BrN2O3/c1-2-5-13-11(17)14-9-6-7(12)3-4-8(9)10(15)16/h3-4,6H,2,5H2,1H3,(H,15,16)(H2,13,14,17). The van der Waals surface area contributed by atoms with E-state index in [0.29, 0.717) is 11.0 Å². The van der Waals surface area contributed by atoms with Gasteiger partial charge in [-0.25, -0.2) is 9.59 Å². The van der Waals surface area contributed by atoms with Crippen LogP contribution in [0.15, 0.2) is 22.7 Å². The highest BCUT2D eigenvalue weighted by Gasteiger charge is 2.12. The van der Waals surface area contributed by atoms with Gasteiger partial charge in [0.1, 0.15) is 0 Å². The van der Waals surface area contributed by atoms with Crippen LogP contribution in [-0.4, -0.2) is 23.7 Å². The molecule has 0 aromatic heterocycles. The quantitative estimate of drug-likeness (QED) is 0.800. The normalized spacial score (nSPS) is 9.76. The number of amides is 2. The molecular formula is C11H13BrN2O3. The fourth-order valence-electron chi connectivity index (χ4n) is 1.21. The zero-order valence-electron chi connectivity index (χ0n) is 9.29. The Kier molecular flexibility index (Phi) is 4.96. The topological polar surface area (TPSA) is 78.4 Å². The smallest absolute Gasteiger partial charge is 0.337 e. The van der Waals surface area contributed by atoms with Gasteiger partial charge in [-0.3, -0.25) is 0 Å². The number of benzene rings is 1. The molecule has 1 rings (SSSR count). The summed E-state index contributed by atoms with van der Waals surface area (Å²) in [6, 6.07) is 4.18. The highest BCUT2D eigenvalue weighted by atomic mass is 79.9. The molecule has 0 unspecified atom stereocenters. The van der Waals surface area contributed by atoms with Crippen LogP contribution < -0.4 is 10.6 Å². The second-order valence-corrected chi connectivity index (χ2v) is 4.29. The van der Waals surface area contributed by atoms with E-state index in [-0.39, 0.29) is 11.3 Å². The number of aromatic carboxylic acids is 1. The van der Waals surface area contributed by atoms with Crippen LogP contribution >= 0.6 is 15.9 Å². The van der Waals surface area contributed by atoms with Crippen molar-refractivity contribution < 1.29 is 14.7 Å². The van der Waals surface area contributed by atoms with E-state index < -0.39 is 12.0 Å². The molecule has 2 amide bonds. The monoisotopic (exact) mass is 300 g/mol. The van der Waals surface area contributed by atoms with Gasteiger partial charge in [0.05, 0.1) is 11.3 Å². The Morgan fingerprint density at radius 1 is 1.41 bits per heavy atom. The first kappa shape index (κ1) is 13.5. The van der Waals surface area contributed by atoms with Crippen molar-refractivity contribution in [2.45, 2.75) is 13.3 Å². The summed E-state index contributed by atoms with van der Waals surface area (Å²) in [6.45, 7) is 2.48. The SMILES string of the molecule is CCCNC(=O)Nc1cc(Br)ccc1C(=O)O. The molecule has 6 heteroatoms. The fourth-order valence-corrected chi connectivity index (χ4v) is 1.57. The molecule has 0 aliphatic carbocycles. The number of rotatable bonds is 4. The minimum absolute atomic E-state index is 0.0554. The Bertz CT molecular complexity index is 435. The Hall–Kier alpha value is -1.56. The molecule has 5 nitrogen and oxygen atoms in total. The van der Waals surface area contributed by atoms with Gasteiger partial charge in [0.15, 0.2) is 0 Å². The highest BCUT2D eigenvalue weighted by Crippen LogP contribution is 2.21. The molecule has 1 aromatic rings. The minimum Gasteiger partial charge on any atom is -0.478 e. The molecule has 0 radical (unpaired) electrons. The predicted octanol–water partition coefficient (Wildman–Crippen LogP) is 2.68. The van der Waals surface area contributed by atoms with Gasteiger partial charge in [0, 0.05) is 11.0 Å². The van der Waals surface area contributed by atoms with Crippen molar-refractivity contribution >= 4 is 33.6 Å². The molecular weight excluding hydrogens is 288 g/mol. The summed E-state index contributed by atoms with van der Waals surface area (Å²) in [5.74, 6) is -1.08. The number of hydrogen-bond acceptors (Lipinski definition) is 2. The van der Waals surface area contributed by atoms with Crippen LogP contribution in [0.4, 0.5) is 10.5 Å². The van der Waals surface area contributed by atoms with Gasteiger partial charge < -0.3 is 15.7 Å². The van der Waals surface area contributed by atoms with E-state index >= 15 is 0 Å². The minimum atomic E-state index is -1.08. The summed E-state index contributed by atoms with van der Waals surface area (Å²) in [5.41, 5.74) is 0.320. The molecule has 0 saturated carbocycles. The van der Waals surface area contributed by atoms with Crippen LogP contribution in [0.25, 0.3) is 0 Å². The van der Waals surface area contributed by atoms with Crippen LogP contribution in [-0.2, 0) is 0 Å². The van der Waals surface area contributed by atoms with Gasteiger partial charge in [-0.15, -0.1) is 0 Å².